The Labute approximate surface area is 123 Å². The molecule has 0 spiro atoms. The van der Waals surface area contributed by atoms with Crippen LogP contribution in [0.25, 0.3) is 0 Å². The van der Waals surface area contributed by atoms with Crippen molar-refractivity contribution in [3.63, 3.8) is 0 Å². The number of nitrogens with two attached hydrogens (primary N) is 1. The summed E-state index contributed by atoms with van der Waals surface area (Å²) in [5.74, 6) is 0.224. The number of likely N-dealkylation sites (N-methyl/N-ethyl adjacent to an activating group) is 1. The molecule has 1 aliphatic rings. The van der Waals surface area contributed by atoms with Crippen LogP contribution in [0.3, 0.4) is 0 Å². The molecule has 1 aromatic heterocycles. The molecule has 3 N–H and O–H groups in total. The SMILES string of the molecule is CNC1C(OC)[C@H](n2cc(C)c(N)nc2=O)O[C@@H]1COC. The molecule has 0 bridgehead atoms. The number of nitrogens with one attached hydrogen (secondary N) is 1. The molecule has 1 fully saturated rings. The molecule has 0 radical (unpaired) electrons. The number of aromatic nitrogens is 2. The van der Waals surface area contributed by atoms with E-state index in [2.05, 4.69) is 10.3 Å². The summed E-state index contributed by atoms with van der Waals surface area (Å²) in [5.41, 5.74) is 5.91. The highest BCUT2D eigenvalue weighted by molar-refractivity contribution is 5.35. The highest BCUT2D eigenvalue weighted by Gasteiger charge is 2.45. The standard InChI is InChI=1S/C13H22N4O4/c1-7-5-17(13(18)16-11(7)14)12-10(20-4)9(15-2)8(21-12)6-19-3/h5,8-10,12,15H,6H2,1-4H3,(H2,14,16,18)/t8-,9?,10?,12-/m1/s1. The maximum atomic E-state index is 12.1. The molecule has 2 rings (SSSR count). The van der Waals surface area contributed by atoms with Gasteiger partial charge in [-0.25, -0.2) is 4.79 Å². The van der Waals surface area contributed by atoms with Gasteiger partial charge in [0, 0.05) is 26.0 Å². The third-order valence-corrected chi connectivity index (χ3v) is 3.73. The summed E-state index contributed by atoms with van der Waals surface area (Å²) in [6.45, 7) is 2.19. The van der Waals surface area contributed by atoms with E-state index in [0.29, 0.717) is 12.2 Å². The molecule has 4 atom stereocenters. The largest absolute Gasteiger partial charge is 0.383 e. The Kier molecular flexibility index (Phi) is 4.94. The molecule has 2 unspecified atom stereocenters. The van der Waals surface area contributed by atoms with E-state index in [1.807, 2.05) is 7.05 Å². The van der Waals surface area contributed by atoms with E-state index in [-0.39, 0.29) is 24.1 Å². The van der Waals surface area contributed by atoms with Crippen LogP contribution in [0.4, 0.5) is 5.82 Å². The van der Waals surface area contributed by atoms with Crippen LogP contribution >= 0.6 is 0 Å². The third kappa shape index (κ3) is 2.93. The zero-order valence-corrected chi connectivity index (χ0v) is 12.7. The molecule has 2 heterocycles. The van der Waals surface area contributed by atoms with Crippen molar-refractivity contribution in [2.45, 2.75) is 31.4 Å². The fraction of sp³-hybridized carbons (Fsp3) is 0.692. The van der Waals surface area contributed by atoms with Crippen molar-refractivity contribution >= 4 is 5.82 Å². The highest BCUT2D eigenvalue weighted by atomic mass is 16.6. The van der Waals surface area contributed by atoms with Crippen LogP contribution in [0.5, 0.6) is 0 Å². The van der Waals surface area contributed by atoms with Crippen LogP contribution in [0.2, 0.25) is 0 Å². The fourth-order valence-corrected chi connectivity index (χ4v) is 2.64. The van der Waals surface area contributed by atoms with Crippen molar-refractivity contribution in [3.8, 4) is 0 Å². The minimum Gasteiger partial charge on any atom is -0.383 e. The number of hydrogen-bond acceptors (Lipinski definition) is 7. The molecular formula is C13H22N4O4. The topological polar surface area (TPSA) is 101 Å². The van der Waals surface area contributed by atoms with Gasteiger partial charge >= 0.3 is 5.69 Å². The first-order valence-electron chi connectivity index (χ1n) is 6.73. The summed E-state index contributed by atoms with van der Waals surface area (Å²) in [6.07, 6.45) is 0.507. The first-order chi connectivity index (χ1) is 10.0. The lowest BCUT2D eigenvalue weighted by Gasteiger charge is -2.23. The van der Waals surface area contributed by atoms with Crippen LogP contribution in [-0.4, -0.2) is 55.7 Å². The minimum atomic E-state index is -0.577. The predicted octanol–water partition coefficient (Wildman–Crippen LogP) is -0.719. The van der Waals surface area contributed by atoms with Gasteiger partial charge in [-0.15, -0.1) is 0 Å². The lowest BCUT2D eigenvalue weighted by Crippen LogP contribution is -2.45. The van der Waals surface area contributed by atoms with Gasteiger partial charge in [0.05, 0.1) is 12.6 Å². The van der Waals surface area contributed by atoms with Crippen molar-refractivity contribution in [2.75, 3.05) is 33.6 Å². The normalized spacial score (nSPS) is 29.0. The van der Waals surface area contributed by atoms with Gasteiger partial charge in [-0.1, -0.05) is 0 Å². The van der Waals surface area contributed by atoms with E-state index in [1.54, 1.807) is 27.3 Å². The van der Waals surface area contributed by atoms with Gasteiger partial charge in [0.1, 0.15) is 18.0 Å². The van der Waals surface area contributed by atoms with Crippen molar-refractivity contribution < 1.29 is 14.2 Å². The second-order valence-electron chi connectivity index (χ2n) is 5.03. The molecule has 0 amide bonds. The van der Waals surface area contributed by atoms with Gasteiger partial charge in [0.25, 0.3) is 0 Å². The maximum absolute atomic E-state index is 12.1. The van der Waals surface area contributed by atoms with Crippen molar-refractivity contribution in [1.82, 2.24) is 14.9 Å². The van der Waals surface area contributed by atoms with E-state index in [9.17, 15) is 4.79 Å². The summed E-state index contributed by atoms with van der Waals surface area (Å²) in [5, 5.41) is 3.15. The van der Waals surface area contributed by atoms with Crippen molar-refractivity contribution in [3.05, 3.63) is 22.2 Å². The smallest absolute Gasteiger partial charge is 0.351 e. The number of rotatable bonds is 5. The average Bonchev–Trinajstić information content (AvgIpc) is 2.80. The number of anilines is 1. The van der Waals surface area contributed by atoms with Crippen LogP contribution < -0.4 is 16.7 Å². The molecule has 0 aromatic carbocycles. The van der Waals surface area contributed by atoms with Gasteiger partial charge in [0.15, 0.2) is 6.23 Å². The molecule has 118 valence electrons. The van der Waals surface area contributed by atoms with Crippen LogP contribution in [0.15, 0.2) is 11.0 Å². The van der Waals surface area contributed by atoms with Crippen LogP contribution in [0.1, 0.15) is 11.8 Å². The van der Waals surface area contributed by atoms with Crippen LogP contribution in [0, 0.1) is 6.92 Å². The monoisotopic (exact) mass is 298 g/mol. The van der Waals surface area contributed by atoms with Gasteiger partial charge < -0.3 is 25.3 Å². The molecule has 1 aromatic rings. The van der Waals surface area contributed by atoms with E-state index in [1.165, 1.54) is 4.57 Å². The Bertz CT molecular complexity index is 547. The van der Waals surface area contributed by atoms with Gasteiger partial charge in [0.2, 0.25) is 0 Å². The Hall–Kier alpha value is -1.48. The van der Waals surface area contributed by atoms with Gasteiger partial charge in [-0.05, 0) is 14.0 Å². The minimum absolute atomic E-state index is 0.0929. The second-order valence-corrected chi connectivity index (χ2v) is 5.03. The molecule has 8 heteroatoms. The zero-order chi connectivity index (χ0) is 15.6. The molecule has 0 aliphatic carbocycles. The molecule has 21 heavy (non-hydrogen) atoms. The number of nitrogen functional groups attached to an aromatic ring is 1. The van der Waals surface area contributed by atoms with Gasteiger partial charge in [-0.3, -0.25) is 4.57 Å². The van der Waals surface area contributed by atoms with E-state index < -0.39 is 11.9 Å². The van der Waals surface area contributed by atoms with Gasteiger partial charge in [-0.2, -0.15) is 4.98 Å². The quantitative estimate of drug-likeness (QED) is 0.740. The van der Waals surface area contributed by atoms with Crippen molar-refractivity contribution in [1.29, 1.82) is 0 Å². The number of methoxy groups -OCH3 is 2. The second kappa shape index (κ2) is 6.52. The molecule has 0 saturated carbocycles. The average molecular weight is 298 g/mol. The summed E-state index contributed by atoms with van der Waals surface area (Å²) in [4.78, 5) is 15.9. The first kappa shape index (κ1) is 15.9. The summed E-state index contributed by atoms with van der Waals surface area (Å²) < 4.78 is 18.0. The molecule has 1 aliphatic heterocycles. The Morgan fingerprint density at radius 2 is 2.24 bits per heavy atom. The Morgan fingerprint density at radius 1 is 1.52 bits per heavy atom. The zero-order valence-electron chi connectivity index (χ0n) is 12.7. The highest BCUT2D eigenvalue weighted by Crippen LogP contribution is 2.30. The first-order valence-corrected chi connectivity index (χ1v) is 6.73. The molecule has 8 nitrogen and oxygen atoms in total. The van der Waals surface area contributed by atoms with Crippen LogP contribution in [-0.2, 0) is 14.2 Å². The van der Waals surface area contributed by atoms with E-state index in [4.69, 9.17) is 19.9 Å². The number of ether oxygens (including phenoxy) is 3. The molecule has 1 saturated heterocycles. The lowest BCUT2D eigenvalue weighted by atomic mass is 10.1. The summed E-state index contributed by atoms with van der Waals surface area (Å²) in [7, 11) is 5.01. The predicted molar refractivity (Wildman–Crippen MR) is 77.1 cm³/mol. The van der Waals surface area contributed by atoms with E-state index >= 15 is 0 Å². The fourth-order valence-electron chi connectivity index (χ4n) is 2.64. The van der Waals surface area contributed by atoms with Crippen molar-refractivity contribution in [2.24, 2.45) is 0 Å². The molecular weight excluding hydrogens is 276 g/mol. The number of nitrogens with zero attached hydrogens (tertiary/aromatic N) is 2. The number of aryl methyl sites for hydroxylation is 1. The summed E-state index contributed by atoms with van der Waals surface area (Å²) >= 11 is 0. The maximum Gasteiger partial charge on any atom is 0.351 e. The third-order valence-electron chi connectivity index (χ3n) is 3.73. The van der Waals surface area contributed by atoms with E-state index in [0.717, 1.165) is 0 Å². The summed E-state index contributed by atoms with van der Waals surface area (Å²) in [6, 6.07) is -0.0929. The number of hydrogen-bond donors (Lipinski definition) is 2. The lowest BCUT2D eigenvalue weighted by molar-refractivity contribution is -0.0666. The Morgan fingerprint density at radius 3 is 2.81 bits per heavy atom. The Balaban J connectivity index is 2.38.